The van der Waals surface area contributed by atoms with E-state index in [1.54, 1.807) is 0 Å². The Labute approximate surface area is 78.1 Å². The summed E-state index contributed by atoms with van der Waals surface area (Å²) in [6, 6.07) is -0.189. The number of amides is 3. The van der Waals surface area contributed by atoms with Gasteiger partial charge in [0.25, 0.3) is 0 Å². The van der Waals surface area contributed by atoms with Crippen LogP contribution in [0.4, 0.5) is 4.79 Å². The van der Waals surface area contributed by atoms with Crippen molar-refractivity contribution in [2.45, 2.75) is 26.2 Å². The van der Waals surface area contributed by atoms with Crippen LogP contribution in [0.1, 0.15) is 26.2 Å². The highest BCUT2D eigenvalue weighted by molar-refractivity contribution is 5.74. The van der Waals surface area contributed by atoms with Gasteiger partial charge in [-0.1, -0.05) is 6.92 Å². The van der Waals surface area contributed by atoms with Gasteiger partial charge in [0.1, 0.15) is 0 Å². The maximum absolute atomic E-state index is 10.9. The Hall–Kier alpha value is -1.26. The molecule has 0 saturated heterocycles. The Morgan fingerprint density at radius 3 is 2.38 bits per heavy atom. The van der Waals surface area contributed by atoms with Crippen LogP contribution in [0.2, 0.25) is 0 Å². The Morgan fingerprint density at radius 2 is 1.85 bits per heavy atom. The first-order chi connectivity index (χ1) is 6.16. The predicted octanol–water partition coefficient (Wildman–Crippen LogP) is -0.0389. The van der Waals surface area contributed by atoms with Crippen LogP contribution in [0.15, 0.2) is 0 Å². The summed E-state index contributed by atoms with van der Waals surface area (Å²) in [5, 5.41) is 5.27. The minimum absolute atomic E-state index is 0.189. The van der Waals surface area contributed by atoms with Gasteiger partial charge in [0.05, 0.1) is 0 Å². The van der Waals surface area contributed by atoms with Gasteiger partial charge in [-0.15, -0.1) is 0 Å². The fourth-order valence-corrected chi connectivity index (χ4v) is 0.766. The van der Waals surface area contributed by atoms with Crippen LogP contribution < -0.4 is 16.4 Å². The van der Waals surface area contributed by atoms with Crippen molar-refractivity contribution in [3.63, 3.8) is 0 Å². The van der Waals surface area contributed by atoms with Gasteiger partial charge in [0.2, 0.25) is 5.91 Å². The Bertz CT molecular complexity index is 171. The molecule has 0 radical (unpaired) electrons. The van der Waals surface area contributed by atoms with Crippen molar-refractivity contribution in [2.75, 3.05) is 13.1 Å². The van der Waals surface area contributed by atoms with Gasteiger partial charge in [0, 0.05) is 19.5 Å². The molecular formula is C8H17N3O2. The zero-order chi connectivity index (χ0) is 10.1. The third-order valence-corrected chi connectivity index (χ3v) is 1.42. The first-order valence-corrected chi connectivity index (χ1v) is 4.46. The molecule has 3 amide bonds. The topological polar surface area (TPSA) is 84.2 Å². The quantitative estimate of drug-likeness (QED) is 0.510. The summed E-state index contributed by atoms with van der Waals surface area (Å²) in [6.45, 7) is 3.13. The smallest absolute Gasteiger partial charge is 0.314 e. The van der Waals surface area contributed by atoms with E-state index in [4.69, 9.17) is 5.73 Å². The Kier molecular flexibility index (Phi) is 6.68. The molecular weight excluding hydrogens is 170 g/mol. The van der Waals surface area contributed by atoms with Crippen molar-refractivity contribution in [3.05, 3.63) is 0 Å². The third kappa shape index (κ3) is 8.65. The van der Waals surface area contributed by atoms with E-state index in [1.165, 1.54) is 0 Å². The largest absolute Gasteiger partial charge is 0.370 e. The van der Waals surface area contributed by atoms with E-state index in [1.807, 2.05) is 6.92 Å². The molecule has 0 fully saturated rings. The maximum atomic E-state index is 10.9. The first kappa shape index (κ1) is 11.7. The molecule has 0 bridgehead atoms. The number of urea groups is 1. The van der Waals surface area contributed by atoms with Crippen LogP contribution in [-0.4, -0.2) is 25.0 Å². The molecule has 5 nitrogen and oxygen atoms in total. The molecule has 0 aliphatic heterocycles. The van der Waals surface area contributed by atoms with Crippen LogP contribution in [-0.2, 0) is 4.79 Å². The van der Waals surface area contributed by atoms with Crippen molar-refractivity contribution in [3.8, 4) is 0 Å². The van der Waals surface area contributed by atoms with Gasteiger partial charge >= 0.3 is 6.03 Å². The summed E-state index contributed by atoms with van der Waals surface area (Å²) < 4.78 is 0. The van der Waals surface area contributed by atoms with Crippen LogP contribution in [0, 0.1) is 0 Å². The molecule has 0 atom stereocenters. The number of rotatable bonds is 6. The van der Waals surface area contributed by atoms with Crippen molar-refractivity contribution in [1.29, 1.82) is 0 Å². The summed E-state index contributed by atoms with van der Waals surface area (Å²) in [5.41, 5.74) is 4.92. The molecule has 76 valence electrons. The monoisotopic (exact) mass is 187 g/mol. The summed E-state index contributed by atoms with van der Waals surface area (Å²) in [7, 11) is 0. The minimum Gasteiger partial charge on any atom is -0.370 e. The summed E-state index contributed by atoms with van der Waals surface area (Å²) in [5.74, 6) is -0.337. The van der Waals surface area contributed by atoms with Crippen molar-refractivity contribution in [1.82, 2.24) is 10.6 Å². The molecule has 0 spiro atoms. The molecule has 13 heavy (non-hydrogen) atoms. The number of hydrogen-bond acceptors (Lipinski definition) is 2. The highest BCUT2D eigenvalue weighted by Crippen LogP contribution is 1.83. The van der Waals surface area contributed by atoms with Gasteiger partial charge in [-0.2, -0.15) is 0 Å². The van der Waals surface area contributed by atoms with Crippen LogP contribution in [0.25, 0.3) is 0 Å². The standard InChI is InChI=1S/C8H17N3O2/c1-2-5-10-8(13)11-6-3-4-7(9)12/h2-6H2,1H3,(H2,9,12)(H2,10,11,13). The highest BCUT2D eigenvalue weighted by Gasteiger charge is 1.98. The second-order valence-electron chi connectivity index (χ2n) is 2.75. The second-order valence-corrected chi connectivity index (χ2v) is 2.75. The van der Waals surface area contributed by atoms with Crippen LogP contribution >= 0.6 is 0 Å². The van der Waals surface area contributed by atoms with E-state index in [2.05, 4.69) is 10.6 Å². The van der Waals surface area contributed by atoms with Crippen molar-refractivity contribution in [2.24, 2.45) is 5.73 Å². The number of carbonyl (C=O) groups excluding carboxylic acids is 2. The Balaban J connectivity index is 3.22. The predicted molar refractivity (Wildman–Crippen MR) is 50.1 cm³/mol. The Morgan fingerprint density at radius 1 is 1.23 bits per heavy atom. The van der Waals surface area contributed by atoms with Gasteiger partial charge in [0.15, 0.2) is 0 Å². The van der Waals surface area contributed by atoms with E-state index in [0.29, 0.717) is 25.9 Å². The van der Waals surface area contributed by atoms with E-state index < -0.39 is 0 Å². The van der Waals surface area contributed by atoms with Crippen molar-refractivity contribution >= 4 is 11.9 Å². The van der Waals surface area contributed by atoms with E-state index in [-0.39, 0.29) is 11.9 Å². The zero-order valence-corrected chi connectivity index (χ0v) is 7.93. The van der Waals surface area contributed by atoms with Crippen LogP contribution in [0.3, 0.4) is 0 Å². The molecule has 0 aromatic rings. The highest BCUT2D eigenvalue weighted by atomic mass is 16.2. The molecule has 0 aromatic heterocycles. The lowest BCUT2D eigenvalue weighted by Crippen LogP contribution is -2.36. The normalized spacial score (nSPS) is 9.31. The summed E-state index contributed by atoms with van der Waals surface area (Å²) >= 11 is 0. The lowest BCUT2D eigenvalue weighted by atomic mass is 10.3. The third-order valence-electron chi connectivity index (χ3n) is 1.42. The lowest BCUT2D eigenvalue weighted by Gasteiger charge is -2.05. The number of nitrogens with one attached hydrogen (secondary N) is 2. The second kappa shape index (κ2) is 7.39. The fourth-order valence-electron chi connectivity index (χ4n) is 0.766. The number of hydrogen-bond donors (Lipinski definition) is 3. The van der Waals surface area contributed by atoms with Gasteiger partial charge in [-0.05, 0) is 12.8 Å². The molecule has 0 saturated carbocycles. The van der Waals surface area contributed by atoms with E-state index in [9.17, 15) is 9.59 Å². The SMILES string of the molecule is CCCNC(=O)NCCCC(N)=O. The average molecular weight is 187 g/mol. The lowest BCUT2D eigenvalue weighted by molar-refractivity contribution is -0.118. The fraction of sp³-hybridized carbons (Fsp3) is 0.750. The number of nitrogens with two attached hydrogens (primary N) is 1. The minimum atomic E-state index is -0.337. The molecule has 0 aliphatic carbocycles. The van der Waals surface area contributed by atoms with Gasteiger partial charge in [-0.3, -0.25) is 4.79 Å². The van der Waals surface area contributed by atoms with E-state index in [0.717, 1.165) is 6.42 Å². The zero-order valence-electron chi connectivity index (χ0n) is 7.93. The molecule has 0 aromatic carbocycles. The molecule has 0 rings (SSSR count). The summed E-state index contributed by atoms with van der Waals surface area (Å²) in [4.78, 5) is 21.2. The first-order valence-electron chi connectivity index (χ1n) is 4.46. The molecule has 4 N–H and O–H groups in total. The maximum Gasteiger partial charge on any atom is 0.314 e. The van der Waals surface area contributed by atoms with Crippen LogP contribution in [0.5, 0.6) is 0 Å². The molecule has 0 aliphatic rings. The van der Waals surface area contributed by atoms with Gasteiger partial charge < -0.3 is 16.4 Å². The molecule has 5 heteroatoms. The molecule has 0 unspecified atom stereocenters. The summed E-state index contributed by atoms with van der Waals surface area (Å²) in [6.07, 6.45) is 1.82. The van der Waals surface area contributed by atoms with Gasteiger partial charge in [-0.25, -0.2) is 4.79 Å². The number of primary amides is 1. The number of carbonyl (C=O) groups is 2. The average Bonchev–Trinajstić information content (AvgIpc) is 2.08. The van der Waals surface area contributed by atoms with E-state index >= 15 is 0 Å². The molecule has 0 heterocycles. The van der Waals surface area contributed by atoms with Crippen molar-refractivity contribution < 1.29 is 9.59 Å².